The fraction of sp³-hybridized carbons (Fsp3) is 0.500. The zero-order chi connectivity index (χ0) is 11.1. The number of ether oxygens (including phenoxy) is 2. The van der Waals surface area contributed by atoms with Crippen molar-refractivity contribution < 1.29 is 9.47 Å². The second kappa shape index (κ2) is 6.76. The molecule has 0 saturated carbocycles. The highest BCUT2D eigenvalue weighted by molar-refractivity contribution is 9.10. The fourth-order valence-corrected chi connectivity index (χ4v) is 1.46. The van der Waals surface area contributed by atoms with Gasteiger partial charge in [0, 0.05) is 30.4 Å². The first-order valence-corrected chi connectivity index (χ1v) is 5.46. The van der Waals surface area contributed by atoms with Crippen LogP contribution in [0.15, 0.2) is 27.6 Å². The van der Waals surface area contributed by atoms with Crippen LogP contribution in [-0.4, -0.2) is 31.5 Å². The molecule has 5 heteroatoms. The number of halogens is 1. The van der Waals surface area contributed by atoms with Crippen LogP contribution in [0.5, 0.6) is 0 Å². The maximum atomic E-state index is 11.4. The summed E-state index contributed by atoms with van der Waals surface area (Å²) in [7, 11) is 1.63. The largest absolute Gasteiger partial charge is 0.382 e. The molecule has 15 heavy (non-hydrogen) atoms. The summed E-state index contributed by atoms with van der Waals surface area (Å²) in [5, 5.41) is 0. The second-order valence-electron chi connectivity index (χ2n) is 2.98. The highest BCUT2D eigenvalue weighted by atomic mass is 79.9. The van der Waals surface area contributed by atoms with E-state index in [0.29, 0.717) is 26.4 Å². The van der Waals surface area contributed by atoms with Gasteiger partial charge in [0.05, 0.1) is 19.8 Å². The molecule has 0 saturated heterocycles. The quantitative estimate of drug-likeness (QED) is 0.735. The van der Waals surface area contributed by atoms with Crippen molar-refractivity contribution in [3.63, 3.8) is 0 Å². The van der Waals surface area contributed by atoms with E-state index in [4.69, 9.17) is 9.47 Å². The molecule has 1 rings (SSSR count). The van der Waals surface area contributed by atoms with E-state index >= 15 is 0 Å². The smallest absolute Gasteiger partial charge is 0.250 e. The minimum atomic E-state index is -0.0199. The number of hydrogen-bond donors (Lipinski definition) is 0. The molecule has 0 bridgehead atoms. The third-order valence-corrected chi connectivity index (χ3v) is 2.32. The van der Waals surface area contributed by atoms with Crippen molar-refractivity contribution in [3.05, 3.63) is 33.2 Å². The summed E-state index contributed by atoms with van der Waals surface area (Å²) in [6.07, 6.45) is 1.75. The molecule has 0 atom stereocenters. The van der Waals surface area contributed by atoms with Crippen molar-refractivity contribution in [1.82, 2.24) is 4.57 Å². The molecule has 4 nitrogen and oxygen atoms in total. The van der Waals surface area contributed by atoms with Gasteiger partial charge in [-0.3, -0.25) is 4.79 Å². The first-order valence-electron chi connectivity index (χ1n) is 4.66. The van der Waals surface area contributed by atoms with Gasteiger partial charge < -0.3 is 14.0 Å². The number of hydrogen-bond acceptors (Lipinski definition) is 3. The van der Waals surface area contributed by atoms with Gasteiger partial charge in [-0.25, -0.2) is 0 Å². The molecule has 0 amide bonds. The second-order valence-corrected chi connectivity index (χ2v) is 3.90. The summed E-state index contributed by atoms with van der Waals surface area (Å²) in [5.74, 6) is 0. The monoisotopic (exact) mass is 275 g/mol. The molecule has 1 heterocycles. The van der Waals surface area contributed by atoms with Crippen LogP contribution in [0, 0.1) is 0 Å². The Balaban J connectivity index is 2.37. The molecule has 1 aromatic heterocycles. The van der Waals surface area contributed by atoms with Gasteiger partial charge in [0.1, 0.15) is 0 Å². The Morgan fingerprint density at radius 2 is 2.13 bits per heavy atom. The van der Waals surface area contributed by atoms with E-state index in [1.54, 1.807) is 23.9 Å². The Labute approximate surface area is 96.9 Å². The maximum Gasteiger partial charge on any atom is 0.250 e. The van der Waals surface area contributed by atoms with Crippen LogP contribution in [-0.2, 0) is 16.0 Å². The average Bonchev–Trinajstić information content (AvgIpc) is 2.23. The molecule has 0 spiro atoms. The van der Waals surface area contributed by atoms with Crippen LogP contribution in [0.25, 0.3) is 0 Å². The van der Waals surface area contributed by atoms with Crippen molar-refractivity contribution in [2.45, 2.75) is 6.54 Å². The van der Waals surface area contributed by atoms with Crippen LogP contribution in [0.2, 0.25) is 0 Å². The molecular weight excluding hydrogens is 262 g/mol. The summed E-state index contributed by atoms with van der Waals surface area (Å²) in [4.78, 5) is 11.4. The lowest BCUT2D eigenvalue weighted by molar-refractivity contribution is 0.0662. The van der Waals surface area contributed by atoms with E-state index in [2.05, 4.69) is 15.9 Å². The topological polar surface area (TPSA) is 40.5 Å². The third-order valence-electron chi connectivity index (χ3n) is 1.86. The molecule has 1 aromatic rings. The zero-order valence-corrected chi connectivity index (χ0v) is 10.2. The van der Waals surface area contributed by atoms with E-state index in [1.807, 2.05) is 0 Å². The van der Waals surface area contributed by atoms with Crippen molar-refractivity contribution in [2.75, 3.05) is 26.9 Å². The van der Waals surface area contributed by atoms with Crippen molar-refractivity contribution in [3.8, 4) is 0 Å². The Morgan fingerprint density at radius 3 is 2.87 bits per heavy atom. The van der Waals surface area contributed by atoms with Gasteiger partial charge >= 0.3 is 0 Å². The first kappa shape index (κ1) is 12.4. The van der Waals surface area contributed by atoms with Crippen molar-refractivity contribution >= 4 is 15.9 Å². The van der Waals surface area contributed by atoms with E-state index in [-0.39, 0.29) is 5.56 Å². The van der Waals surface area contributed by atoms with E-state index in [9.17, 15) is 4.79 Å². The van der Waals surface area contributed by atoms with Crippen LogP contribution >= 0.6 is 15.9 Å². The summed E-state index contributed by atoms with van der Waals surface area (Å²) in [5.41, 5.74) is -0.0199. The number of nitrogens with zero attached hydrogens (tertiary/aromatic N) is 1. The Hall–Kier alpha value is -0.650. The molecular formula is C10H14BrNO3. The van der Waals surface area contributed by atoms with E-state index in [1.165, 1.54) is 6.07 Å². The lowest BCUT2D eigenvalue weighted by Crippen LogP contribution is -2.21. The van der Waals surface area contributed by atoms with Gasteiger partial charge in [-0.15, -0.1) is 0 Å². The number of rotatable bonds is 6. The molecule has 0 unspecified atom stereocenters. The van der Waals surface area contributed by atoms with Crippen LogP contribution in [0.4, 0.5) is 0 Å². The molecule has 0 aromatic carbocycles. The van der Waals surface area contributed by atoms with Crippen LogP contribution in [0.3, 0.4) is 0 Å². The van der Waals surface area contributed by atoms with E-state index in [0.717, 1.165) is 4.47 Å². The molecule has 0 N–H and O–H groups in total. The normalized spacial score (nSPS) is 10.5. The maximum absolute atomic E-state index is 11.4. The van der Waals surface area contributed by atoms with Gasteiger partial charge in [-0.1, -0.05) is 0 Å². The standard InChI is InChI=1S/C10H14BrNO3/c1-14-6-7-15-5-4-12-8-9(11)2-3-10(12)13/h2-3,8H,4-7H2,1H3. The number of pyridine rings is 1. The van der Waals surface area contributed by atoms with Gasteiger partial charge in [0.2, 0.25) is 0 Å². The summed E-state index contributed by atoms with van der Waals surface area (Å²) < 4.78 is 12.6. The lowest BCUT2D eigenvalue weighted by Gasteiger charge is -2.06. The lowest BCUT2D eigenvalue weighted by atomic mass is 10.4. The predicted molar refractivity (Wildman–Crippen MR) is 61.1 cm³/mol. The Bertz CT molecular complexity index is 351. The van der Waals surface area contributed by atoms with Gasteiger partial charge in [-0.2, -0.15) is 0 Å². The van der Waals surface area contributed by atoms with Gasteiger partial charge in [-0.05, 0) is 22.0 Å². The summed E-state index contributed by atoms with van der Waals surface area (Å²) in [6.45, 7) is 2.20. The molecule has 84 valence electrons. The van der Waals surface area contributed by atoms with E-state index < -0.39 is 0 Å². The van der Waals surface area contributed by atoms with Crippen molar-refractivity contribution in [1.29, 1.82) is 0 Å². The molecule has 0 fully saturated rings. The third kappa shape index (κ3) is 4.59. The SMILES string of the molecule is COCCOCCn1cc(Br)ccc1=O. The minimum Gasteiger partial charge on any atom is -0.382 e. The predicted octanol–water partition coefficient (Wildman–Crippen LogP) is 1.27. The Kier molecular flexibility index (Phi) is 5.60. The number of aromatic nitrogens is 1. The Morgan fingerprint density at radius 1 is 1.33 bits per heavy atom. The minimum absolute atomic E-state index is 0.0199. The molecule has 0 aliphatic carbocycles. The zero-order valence-electron chi connectivity index (χ0n) is 8.61. The highest BCUT2D eigenvalue weighted by Gasteiger charge is 1.96. The molecule has 0 aliphatic rings. The van der Waals surface area contributed by atoms with Gasteiger partial charge in [0.25, 0.3) is 5.56 Å². The first-order chi connectivity index (χ1) is 7.24. The molecule has 0 aliphatic heterocycles. The van der Waals surface area contributed by atoms with Crippen molar-refractivity contribution in [2.24, 2.45) is 0 Å². The number of methoxy groups -OCH3 is 1. The average molecular weight is 276 g/mol. The molecule has 0 radical (unpaired) electrons. The van der Waals surface area contributed by atoms with Crippen LogP contribution in [0.1, 0.15) is 0 Å². The van der Waals surface area contributed by atoms with Crippen LogP contribution < -0.4 is 5.56 Å². The van der Waals surface area contributed by atoms with Gasteiger partial charge in [0.15, 0.2) is 0 Å². The summed E-state index contributed by atoms with van der Waals surface area (Å²) in [6, 6.07) is 3.25. The summed E-state index contributed by atoms with van der Waals surface area (Å²) >= 11 is 3.31. The fourth-order valence-electron chi connectivity index (χ4n) is 1.08. The highest BCUT2D eigenvalue weighted by Crippen LogP contribution is 2.04.